The lowest BCUT2D eigenvalue weighted by Gasteiger charge is -2.08. The van der Waals surface area contributed by atoms with Crippen LogP contribution in [0.15, 0.2) is 18.3 Å². The lowest BCUT2D eigenvalue weighted by Crippen LogP contribution is -2.15. The van der Waals surface area contributed by atoms with Crippen molar-refractivity contribution in [1.82, 2.24) is 4.98 Å². The molecule has 0 spiro atoms. The minimum atomic E-state index is -0.423. The molecule has 0 bridgehead atoms. The van der Waals surface area contributed by atoms with Gasteiger partial charge in [-0.05, 0) is 38.8 Å². The largest absolute Gasteiger partial charge is 0.379 e. The van der Waals surface area contributed by atoms with Crippen molar-refractivity contribution in [2.24, 2.45) is 5.73 Å². The van der Waals surface area contributed by atoms with Crippen LogP contribution in [0.2, 0.25) is 0 Å². The first-order valence-corrected chi connectivity index (χ1v) is 5.46. The third-order valence-corrected chi connectivity index (χ3v) is 2.16. The first-order valence-electron chi connectivity index (χ1n) is 5.46. The van der Waals surface area contributed by atoms with Crippen LogP contribution in [-0.4, -0.2) is 23.6 Å². The Hall–Kier alpha value is -1.42. The summed E-state index contributed by atoms with van der Waals surface area (Å²) in [5.74, 6) is -0.423. The van der Waals surface area contributed by atoms with Gasteiger partial charge in [-0.15, -0.1) is 0 Å². The molecule has 4 nitrogen and oxygen atoms in total. The van der Waals surface area contributed by atoms with E-state index in [1.54, 1.807) is 18.3 Å². The predicted molar refractivity (Wildman–Crippen MR) is 62.2 cm³/mol. The van der Waals surface area contributed by atoms with Gasteiger partial charge < -0.3 is 10.5 Å². The molecule has 16 heavy (non-hydrogen) atoms. The van der Waals surface area contributed by atoms with Crippen molar-refractivity contribution < 1.29 is 9.53 Å². The number of carbonyl (C=O) groups excluding carboxylic acids is 1. The van der Waals surface area contributed by atoms with Crippen LogP contribution in [0.1, 0.15) is 36.3 Å². The van der Waals surface area contributed by atoms with E-state index in [4.69, 9.17) is 10.5 Å². The molecule has 0 saturated heterocycles. The van der Waals surface area contributed by atoms with Crippen LogP contribution in [0.4, 0.5) is 0 Å². The quantitative estimate of drug-likeness (QED) is 0.742. The molecule has 1 aromatic heterocycles. The number of ether oxygens (including phenoxy) is 1. The fourth-order valence-corrected chi connectivity index (χ4v) is 1.42. The molecule has 1 heterocycles. The Morgan fingerprint density at radius 1 is 1.56 bits per heavy atom. The summed E-state index contributed by atoms with van der Waals surface area (Å²) in [5, 5.41) is 0. The zero-order valence-electron chi connectivity index (χ0n) is 9.77. The van der Waals surface area contributed by atoms with Gasteiger partial charge in [0.05, 0.1) is 17.4 Å². The fourth-order valence-electron chi connectivity index (χ4n) is 1.42. The minimum absolute atomic E-state index is 0.236. The van der Waals surface area contributed by atoms with Gasteiger partial charge >= 0.3 is 0 Å². The highest BCUT2D eigenvalue weighted by Gasteiger charge is 2.08. The highest BCUT2D eigenvalue weighted by Crippen LogP contribution is 2.07. The van der Waals surface area contributed by atoms with Crippen molar-refractivity contribution in [3.05, 3.63) is 29.6 Å². The van der Waals surface area contributed by atoms with Crippen LogP contribution in [0.5, 0.6) is 0 Å². The molecule has 0 saturated carbocycles. The number of hydrogen-bond donors (Lipinski definition) is 1. The maximum Gasteiger partial charge on any atom is 0.250 e. The lowest BCUT2D eigenvalue weighted by molar-refractivity contribution is 0.0769. The van der Waals surface area contributed by atoms with Gasteiger partial charge in [-0.1, -0.05) is 0 Å². The van der Waals surface area contributed by atoms with E-state index < -0.39 is 5.91 Å². The molecule has 0 fully saturated rings. The van der Waals surface area contributed by atoms with Crippen molar-refractivity contribution in [1.29, 1.82) is 0 Å². The summed E-state index contributed by atoms with van der Waals surface area (Å²) in [6.07, 6.45) is 3.46. The number of aryl methyl sites for hydroxylation is 1. The SMILES string of the molecule is CC(C)OCCCc1ncccc1C(N)=O. The number of nitrogens with two attached hydrogens (primary N) is 1. The summed E-state index contributed by atoms with van der Waals surface area (Å²) in [5.41, 5.74) is 6.52. The Labute approximate surface area is 95.8 Å². The molecule has 1 rings (SSSR count). The maximum absolute atomic E-state index is 11.1. The smallest absolute Gasteiger partial charge is 0.250 e. The molecule has 88 valence electrons. The molecule has 0 aliphatic carbocycles. The molecule has 0 aliphatic heterocycles. The van der Waals surface area contributed by atoms with Gasteiger partial charge in [0.25, 0.3) is 5.91 Å². The fraction of sp³-hybridized carbons (Fsp3) is 0.500. The van der Waals surface area contributed by atoms with Crippen molar-refractivity contribution in [2.75, 3.05) is 6.61 Å². The Morgan fingerprint density at radius 2 is 2.31 bits per heavy atom. The number of amides is 1. The first-order chi connectivity index (χ1) is 7.61. The van der Waals surface area contributed by atoms with E-state index in [2.05, 4.69) is 4.98 Å². The monoisotopic (exact) mass is 222 g/mol. The van der Waals surface area contributed by atoms with Crippen molar-refractivity contribution in [3.63, 3.8) is 0 Å². The van der Waals surface area contributed by atoms with E-state index in [1.165, 1.54) is 0 Å². The number of primary amides is 1. The number of rotatable bonds is 6. The molecule has 1 aromatic rings. The molecular weight excluding hydrogens is 204 g/mol. The second-order valence-electron chi connectivity index (χ2n) is 3.89. The molecule has 0 aromatic carbocycles. The second-order valence-corrected chi connectivity index (χ2v) is 3.89. The zero-order valence-corrected chi connectivity index (χ0v) is 9.77. The Kier molecular flexibility index (Phi) is 4.92. The average Bonchev–Trinajstić information content (AvgIpc) is 2.24. The Bertz CT molecular complexity index is 351. The van der Waals surface area contributed by atoms with Crippen LogP contribution in [0.25, 0.3) is 0 Å². The van der Waals surface area contributed by atoms with Gasteiger partial charge in [0.15, 0.2) is 0 Å². The molecule has 1 amide bonds. The van der Waals surface area contributed by atoms with E-state index in [1.807, 2.05) is 13.8 Å². The highest BCUT2D eigenvalue weighted by molar-refractivity contribution is 5.93. The van der Waals surface area contributed by atoms with Gasteiger partial charge in [0.2, 0.25) is 0 Å². The van der Waals surface area contributed by atoms with Crippen LogP contribution in [0, 0.1) is 0 Å². The molecule has 0 unspecified atom stereocenters. The maximum atomic E-state index is 11.1. The van der Waals surface area contributed by atoms with E-state index >= 15 is 0 Å². The van der Waals surface area contributed by atoms with E-state index in [9.17, 15) is 4.79 Å². The number of nitrogens with zero attached hydrogens (tertiary/aromatic N) is 1. The summed E-state index contributed by atoms with van der Waals surface area (Å²) in [6.45, 7) is 4.66. The predicted octanol–water partition coefficient (Wildman–Crippen LogP) is 1.54. The van der Waals surface area contributed by atoms with Crippen molar-refractivity contribution in [2.45, 2.75) is 32.8 Å². The number of aromatic nitrogens is 1. The number of pyridine rings is 1. The van der Waals surface area contributed by atoms with Gasteiger partial charge in [-0.2, -0.15) is 0 Å². The van der Waals surface area contributed by atoms with Gasteiger partial charge in [0.1, 0.15) is 0 Å². The number of carbonyl (C=O) groups is 1. The van der Waals surface area contributed by atoms with E-state index in [0.717, 1.165) is 12.1 Å². The summed E-state index contributed by atoms with van der Waals surface area (Å²) in [6, 6.07) is 3.42. The minimum Gasteiger partial charge on any atom is -0.379 e. The zero-order chi connectivity index (χ0) is 12.0. The molecule has 2 N–H and O–H groups in total. The van der Waals surface area contributed by atoms with Gasteiger partial charge in [-0.25, -0.2) is 0 Å². The summed E-state index contributed by atoms with van der Waals surface area (Å²) in [4.78, 5) is 15.3. The third-order valence-electron chi connectivity index (χ3n) is 2.16. The highest BCUT2D eigenvalue weighted by atomic mass is 16.5. The van der Waals surface area contributed by atoms with Crippen molar-refractivity contribution >= 4 is 5.91 Å². The third kappa shape index (κ3) is 3.98. The molecule has 0 atom stereocenters. The Balaban J connectivity index is 2.50. The van der Waals surface area contributed by atoms with Crippen LogP contribution in [-0.2, 0) is 11.2 Å². The van der Waals surface area contributed by atoms with E-state index in [0.29, 0.717) is 18.6 Å². The normalized spacial score (nSPS) is 10.7. The summed E-state index contributed by atoms with van der Waals surface area (Å²) >= 11 is 0. The Morgan fingerprint density at radius 3 is 2.94 bits per heavy atom. The molecule has 4 heteroatoms. The molecule has 0 aliphatic rings. The van der Waals surface area contributed by atoms with E-state index in [-0.39, 0.29) is 6.10 Å². The second kappa shape index (κ2) is 6.23. The molecule has 0 radical (unpaired) electrons. The first kappa shape index (κ1) is 12.6. The van der Waals surface area contributed by atoms with Crippen LogP contribution >= 0.6 is 0 Å². The topological polar surface area (TPSA) is 65.2 Å². The van der Waals surface area contributed by atoms with Gasteiger partial charge in [-0.3, -0.25) is 9.78 Å². The summed E-state index contributed by atoms with van der Waals surface area (Å²) < 4.78 is 5.42. The average molecular weight is 222 g/mol. The lowest BCUT2D eigenvalue weighted by atomic mass is 10.1. The molecular formula is C12H18N2O2. The standard InChI is InChI=1S/C12H18N2O2/c1-9(2)16-8-4-6-11-10(12(13)15)5-3-7-14-11/h3,5,7,9H,4,6,8H2,1-2H3,(H2,13,15). The van der Waals surface area contributed by atoms with Crippen LogP contribution < -0.4 is 5.73 Å². The summed E-state index contributed by atoms with van der Waals surface area (Å²) in [7, 11) is 0. The van der Waals surface area contributed by atoms with Gasteiger partial charge in [0, 0.05) is 12.8 Å². The van der Waals surface area contributed by atoms with Crippen molar-refractivity contribution in [3.8, 4) is 0 Å². The van der Waals surface area contributed by atoms with Crippen LogP contribution in [0.3, 0.4) is 0 Å². The number of hydrogen-bond acceptors (Lipinski definition) is 3.